The van der Waals surface area contributed by atoms with Crippen LogP contribution >= 0.6 is 0 Å². The highest BCUT2D eigenvalue weighted by Gasteiger charge is 2.24. The van der Waals surface area contributed by atoms with E-state index in [9.17, 15) is 19.5 Å². The molecule has 1 aliphatic rings. The van der Waals surface area contributed by atoms with Crippen molar-refractivity contribution >= 4 is 23.6 Å². The molecule has 7 nitrogen and oxygen atoms in total. The molecule has 2 aromatic carbocycles. The Labute approximate surface area is 163 Å². The molecule has 0 aromatic heterocycles. The number of hydrogen-bond acceptors (Lipinski definition) is 3. The number of amides is 3. The minimum atomic E-state index is -1.17. The van der Waals surface area contributed by atoms with Crippen molar-refractivity contribution in [3.8, 4) is 0 Å². The summed E-state index contributed by atoms with van der Waals surface area (Å²) in [6.07, 6.45) is 1.95. The molecule has 3 amide bonds. The number of carboxylic acids is 1. The summed E-state index contributed by atoms with van der Waals surface area (Å²) >= 11 is 0. The molecule has 0 radical (unpaired) electrons. The first-order valence-electron chi connectivity index (χ1n) is 9.12. The van der Waals surface area contributed by atoms with Crippen LogP contribution in [-0.2, 0) is 4.79 Å². The first kappa shape index (κ1) is 19.4. The van der Waals surface area contributed by atoms with Crippen molar-refractivity contribution in [3.05, 3.63) is 64.7 Å². The van der Waals surface area contributed by atoms with Crippen LogP contribution in [0, 0.1) is 13.8 Å². The molecule has 0 saturated heterocycles. The second-order valence-corrected chi connectivity index (χ2v) is 7.04. The Morgan fingerprint density at radius 3 is 2.43 bits per heavy atom. The molecule has 3 rings (SSSR count). The predicted molar refractivity (Wildman–Crippen MR) is 105 cm³/mol. The average molecular weight is 381 g/mol. The number of urea groups is 1. The maximum Gasteiger partial charge on any atom is 0.330 e. The lowest BCUT2D eigenvalue weighted by molar-refractivity contribution is -0.139. The van der Waals surface area contributed by atoms with E-state index in [1.807, 2.05) is 19.9 Å². The van der Waals surface area contributed by atoms with Gasteiger partial charge in [-0.05, 0) is 61.6 Å². The lowest BCUT2D eigenvalue weighted by Crippen LogP contribution is -2.34. The van der Waals surface area contributed by atoms with Gasteiger partial charge in [-0.25, -0.2) is 9.59 Å². The number of benzene rings is 2. The second kappa shape index (κ2) is 8.12. The molecule has 1 atom stereocenters. The summed E-state index contributed by atoms with van der Waals surface area (Å²) in [5, 5.41) is 17.6. The lowest BCUT2D eigenvalue weighted by atomic mass is 10.0. The third-order valence-electron chi connectivity index (χ3n) is 4.68. The van der Waals surface area contributed by atoms with Crippen LogP contribution in [0.1, 0.15) is 45.9 Å². The fourth-order valence-corrected chi connectivity index (χ4v) is 2.76. The van der Waals surface area contributed by atoms with Crippen LogP contribution < -0.4 is 16.0 Å². The highest BCUT2D eigenvalue weighted by Crippen LogP contribution is 2.20. The maximum absolute atomic E-state index is 12.6. The van der Waals surface area contributed by atoms with Gasteiger partial charge in [-0.3, -0.25) is 4.79 Å². The zero-order valence-electron chi connectivity index (χ0n) is 15.8. The lowest BCUT2D eigenvalue weighted by Gasteiger charge is -2.16. The minimum absolute atomic E-state index is 0.223. The Balaban J connectivity index is 1.72. The van der Waals surface area contributed by atoms with Crippen molar-refractivity contribution in [3.63, 3.8) is 0 Å². The van der Waals surface area contributed by atoms with Crippen molar-refractivity contribution in [1.29, 1.82) is 0 Å². The van der Waals surface area contributed by atoms with Gasteiger partial charge in [-0.1, -0.05) is 24.3 Å². The second-order valence-electron chi connectivity index (χ2n) is 7.04. The average Bonchev–Trinajstić information content (AvgIpc) is 3.45. The molecular weight excluding hydrogens is 358 g/mol. The van der Waals surface area contributed by atoms with Gasteiger partial charge in [0.15, 0.2) is 6.04 Å². The Hall–Kier alpha value is -3.35. The Morgan fingerprint density at radius 2 is 1.79 bits per heavy atom. The third-order valence-corrected chi connectivity index (χ3v) is 4.68. The Bertz CT molecular complexity index is 922. The fourth-order valence-electron chi connectivity index (χ4n) is 2.76. The SMILES string of the molecule is Cc1ccc(C(NC(=O)c2cccc(NC(=O)NC3CC3)c2)C(=O)O)cc1C. The summed E-state index contributed by atoms with van der Waals surface area (Å²) < 4.78 is 0. The standard InChI is InChI=1S/C21H23N3O4/c1-12-6-7-14(10-13(12)2)18(20(26)27)24-19(25)15-4-3-5-17(11-15)23-21(28)22-16-8-9-16/h3-7,10-11,16,18H,8-9H2,1-2H3,(H,24,25)(H,26,27)(H2,22,23,28). The largest absolute Gasteiger partial charge is 0.479 e. The highest BCUT2D eigenvalue weighted by molar-refractivity contribution is 5.98. The number of carbonyl (C=O) groups is 3. The molecule has 1 aliphatic carbocycles. The van der Waals surface area contributed by atoms with Gasteiger partial charge in [0.2, 0.25) is 0 Å². The van der Waals surface area contributed by atoms with E-state index in [0.717, 1.165) is 24.0 Å². The summed E-state index contributed by atoms with van der Waals surface area (Å²) in [6, 6.07) is 10.4. The molecule has 1 unspecified atom stereocenters. The van der Waals surface area contributed by atoms with Crippen LogP contribution in [0.3, 0.4) is 0 Å². The number of aryl methyl sites for hydroxylation is 2. The number of anilines is 1. The smallest absolute Gasteiger partial charge is 0.330 e. The highest BCUT2D eigenvalue weighted by atomic mass is 16.4. The van der Waals surface area contributed by atoms with Crippen LogP contribution in [0.4, 0.5) is 10.5 Å². The zero-order chi connectivity index (χ0) is 20.3. The summed E-state index contributed by atoms with van der Waals surface area (Å²) in [4.78, 5) is 36.2. The molecule has 7 heteroatoms. The molecule has 0 aliphatic heterocycles. The normalized spacial score (nSPS) is 14.1. The van der Waals surface area contributed by atoms with Crippen molar-refractivity contribution in [2.24, 2.45) is 0 Å². The van der Waals surface area contributed by atoms with E-state index in [4.69, 9.17) is 0 Å². The molecule has 28 heavy (non-hydrogen) atoms. The molecule has 0 spiro atoms. The minimum Gasteiger partial charge on any atom is -0.479 e. The van der Waals surface area contributed by atoms with E-state index < -0.39 is 17.9 Å². The number of hydrogen-bond donors (Lipinski definition) is 4. The van der Waals surface area contributed by atoms with Crippen molar-refractivity contribution in [2.45, 2.75) is 38.8 Å². The summed E-state index contributed by atoms with van der Waals surface area (Å²) in [7, 11) is 0. The summed E-state index contributed by atoms with van der Waals surface area (Å²) in [5.41, 5.74) is 3.22. The van der Waals surface area contributed by atoms with E-state index >= 15 is 0 Å². The van der Waals surface area contributed by atoms with Crippen LogP contribution in [0.5, 0.6) is 0 Å². The van der Waals surface area contributed by atoms with E-state index in [0.29, 0.717) is 11.3 Å². The first-order valence-corrected chi connectivity index (χ1v) is 9.12. The molecule has 146 valence electrons. The topological polar surface area (TPSA) is 108 Å². The van der Waals surface area contributed by atoms with Gasteiger partial charge in [0, 0.05) is 17.3 Å². The Kier molecular flexibility index (Phi) is 5.63. The van der Waals surface area contributed by atoms with Gasteiger partial charge < -0.3 is 21.1 Å². The summed E-state index contributed by atoms with van der Waals surface area (Å²) in [5.74, 6) is -1.67. The number of rotatable bonds is 6. The molecule has 0 bridgehead atoms. The van der Waals surface area contributed by atoms with Gasteiger partial charge >= 0.3 is 12.0 Å². The van der Waals surface area contributed by atoms with Crippen LogP contribution in [0.2, 0.25) is 0 Å². The third kappa shape index (κ3) is 4.88. The summed E-state index contributed by atoms with van der Waals surface area (Å²) in [6.45, 7) is 3.83. The molecule has 1 saturated carbocycles. The zero-order valence-corrected chi connectivity index (χ0v) is 15.8. The van der Waals surface area contributed by atoms with Gasteiger partial charge in [-0.15, -0.1) is 0 Å². The molecule has 2 aromatic rings. The Morgan fingerprint density at radius 1 is 1.04 bits per heavy atom. The van der Waals surface area contributed by atoms with Gasteiger partial charge in [-0.2, -0.15) is 0 Å². The van der Waals surface area contributed by atoms with Crippen LogP contribution in [0.15, 0.2) is 42.5 Å². The fraction of sp³-hybridized carbons (Fsp3) is 0.286. The van der Waals surface area contributed by atoms with Crippen LogP contribution in [-0.4, -0.2) is 29.1 Å². The monoisotopic (exact) mass is 381 g/mol. The van der Waals surface area contributed by atoms with E-state index in [-0.39, 0.29) is 17.6 Å². The van der Waals surface area contributed by atoms with Gasteiger partial charge in [0.1, 0.15) is 0 Å². The number of carboxylic acid groups (broad SMARTS) is 1. The molecule has 1 fully saturated rings. The molecule has 4 N–H and O–H groups in total. The van der Waals surface area contributed by atoms with Crippen LogP contribution in [0.25, 0.3) is 0 Å². The van der Waals surface area contributed by atoms with E-state index in [2.05, 4.69) is 16.0 Å². The van der Waals surface area contributed by atoms with Crippen molar-refractivity contribution < 1.29 is 19.5 Å². The first-order chi connectivity index (χ1) is 13.3. The predicted octanol–water partition coefficient (Wildman–Crippen LogP) is 3.14. The van der Waals surface area contributed by atoms with Gasteiger partial charge in [0.05, 0.1) is 0 Å². The van der Waals surface area contributed by atoms with E-state index in [1.54, 1.807) is 30.3 Å². The number of nitrogens with one attached hydrogen (secondary N) is 3. The molecular formula is C21H23N3O4. The van der Waals surface area contributed by atoms with Crippen molar-refractivity contribution in [2.75, 3.05) is 5.32 Å². The number of aliphatic carboxylic acids is 1. The van der Waals surface area contributed by atoms with Crippen molar-refractivity contribution in [1.82, 2.24) is 10.6 Å². The quantitative estimate of drug-likeness (QED) is 0.616. The maximum atomic E-state index is 12.6. The van der Waals surface area contributed by atoms with E-state index in [1.165, 1.54) is 6.07 Å². The number of carbonyl (C=O) groups excluding carboxylic acids is 2. The van der Waals surface area contributed by atoms with Gasteiger partial charge in [0.25, 0.3) is 5.91 Å². The molecule has 0 heterocycles.